The summed E-state index contributed by atoms with van der Waals surface area (Å²) >= 11 is 0. The largest absolute Gasteiger partial charge is 0.273 e. The minimum Gasteiger partial charge on any atom is -0.273 e. The number of benzene rings is 2. The molecule has 2 aromatic rings. The van der Waals surface area contributed by atoms with Gasteiger partial charge in [0.25, 0.3) is 0 Å². The first-order valence-electron chi connectivity index (χ1n) is 6.80. The van der Waals surface area contributed by atoms with E-state index in [1.807, 2.05) is 36.4 Å². The van der Waals surface area contributed by atoms with E-state index in [-0.39, 0.29) is 11.8 Å². The van der Waals surface area contributed by atoms with Crippen LogP contribution in [0.3, 0.4) is 0 Å². The van der Waals surface area contributed by atoms with Gasteiger partial charge in [0.15, 0.2) is 0 Å². The highest BCUT2D eigenvalue weighted by Gasteiger charge is 2.23. The number of hydrogen-bond acceptors (Lipinski definition) is 2. The lowest BCUT2D eigenvalue weighted by Crippen LogP contribution is -2.29. The highest BCUT2D eigenvalue weighted by atomic mass is 16.2. The first-order chi connectivity index (χ1) is 9.84. The predicted molar refractivity (Wildman–Crippen MR) is 79.5 cm³/mol. The first-order valence-corrected chi connectivity index (χ1v) is 6.80. The zero-order valence-corrected chi connectivity index (χ0v) is 11.1. The van der Waals surface area contributed by atoms with Gasteiger partial charge in [0.1, 0.15) is 0 Å². The van der Waals surface area contributed by atoms with Crippen molar-refractivity contribution in [2.45, 2.75) is 18.8 Å². The van der Waals surface area contributed by atoms with Crippen LogP contribution in [-0.4, -0.2) is 11.6 Å². The summed E-state index contributed by atoms with van der Waals surface area (Å²) in [6.45, 7) is 0. The van der Waals surface area contributed by atoms with Crippen LogP contribution in [-0.2, 0) is 4.79 Å². The highest BCUT2D eigenvalue weighted by molar-refractivity contribution is 5.98. The monoisotopic (exact) mass is 264 g/mol. The number of carbonyl (C=O) groups is 1. The summed E-state index contributed by atoms with van der Waals surface area (Å²) in [5, 5.41) is 4.28. The maximum Gasteiger partial charge on any atom is 0.240 e. The average Bonchev–Trinajstić information content (AvgIpc) is 2.52. The third kappa shape index (κ3) is 2.62. The van der Waals surface area contributed by atoms with Crippen molar-refractivity contribution in [1.29, 1.82) is 0 Å². The topological polar surface area (TPSA) is 41.5 Å². The molecule has 0 bridgehead atoms. The van der Waals surface area contributed by atoms with Crippen LogP contribution in [0.4, 0.5) is 0 Å². The van der Waals surface area contributed by atoms with Crippen molar-refractivity contribution >= 4 is 11.6 Å². The summed E-state index contributed by atoms with van der Waals surface area (Å²) < 4.78 is 0. The summed E-state index contributed by atoms with van der Waals surface area (Å²) in [5.41, 5.74) is 6.02. The molecule has 0 saturated carbocycles. The van der Waals surface area contributed by atoms with Crippen molar-refractivity contribution in [1.82, 2.24) is 5.43 Å². The van der Waals surface area contributed by atoms with Gasteiger partial charge in [-0.15, -0.1) is 0 Å². The molecular formula is C17H16N2O. The smallest absolute Gasteiger partial charge is 0.240 e. The molecule has 1 heterocycles. The van der Waals surface area contributed by atoms with Crippen LogP contribution in [0.25, 0.3) is 0 Å². The second-order valence-electron chi connectivity index (χ2n) is 4.89. The van der Waals surface area contributed by atoms with Crippen LogP contribution in [0, 0.1) is 0 Å². The van der Waals surface area contributed by atoms with Crippen molar-refractivity contribution in [2.24, 2.45) is 5.10 Å². The van der Waals surface area contributed by atoms with Crippen LogP contribution in [0.15, 0.2) is 65.8 Å². The summed E-state index contributed by atoms with van der Waals surface area (Å²) in [6, 6.07) is 20.6. The molecule has 3 heteroatoms. The fourth-order valence-corrected chi connectivity index (χ4v) is 2.56. The van der Waals surface area contributed by atoms with Crippen molar-refractivity contribution in [3.8, 4) is 0 Å². The molecule has 3 rings (SSSR count). The quantitative estimate of drug-likeness (QED) is 0.909. The van der Waals surface area contributed by atoms with E-state index in [4.69, 9.17) is 0 Å². The van der Waals surface area contributed by atoms with E-state index in [0.29, 0.717) is 12.8 Å². The maximum atomic E-state index is 11.3. The summed E-state index contributed by atoms with van der Waals surface area (Å²) in [6.07, 6.45) is 1.22. The van der Waals surface area contributed by atoms with Gasteiger partial charge in [0, 0.05) is 12.3 Å². The summed E-state index contributed by atoms with van der Waals surface area (Å²) in [5.74, 6) is 0.103. The second-order valence-corrected chi connectivity index (χ2v) is 4.89. The number of rotatable bonds is 3. The van der Waals surface area contributed by atoms with Gasteiger partial charge in [0.2, 0.25) is 5.91 Å². The Balaban J connectivity index is 2.03. The van der Waals surface area contributed by atoms with E-state index in [9.17, 15) is 4.79 Å². The minimum absolute atomic E-state index is 0.00590. The summed E-state index contributed by atoms with van der Waals surface area (Å²) in [7, 11) is 0. The van der Waals surface area contributed by atoms with Crippen LogP contribution < -0.4 is 5.43 Å². The Hall–Kier alpha value is -2.42. The van der Waals surface area contributed by atoms with E-state index < -0.39 is 0 Å². The molecule has 0 unspecified atom stereocenters. The van der Waals surface area contributed by atoms with Crippen molar-refractivity contribution in [2.75, 3.05) is 0 Å². The fraction of sp³-hybridized carbons (Fsp3) is 0.176. The van der Waals surface area contributed by atoms with Gasteiger partial charge in [-0.1, -0.05) is 60.7 Å². The molecule has 0 aromatic heterocycles. The molecule has 1 amide bonds. The molecule has 0 saturated heterocycles. The van der Waals surface area contributed by atoms with Crippen molar-refractivity contribution < 1.29 is 4.79 Å². The molecule has 20 heavy (non-hydrogen) atoms. The lowest BCUT2D eigenvalue weighted by Gasteiger charge is -2.22. The predicted octanol–water partition coefficient (Wildman–Crippen LogP) is 3.08. The summed E-state index contributed by atoms with van der Waals surface area (Å²) in [4.78, 5) is 11.3. The molecule has 1 N–H and O–H groups in total. The Morgan fingerprint density at radius 2 is 1.40 bits per heavy atom. The molecule has 2 aromatic carbocycles. The number of nitrogens with one attached hydrogen (secondary N) is 1. The molecule has 0 radical (unpaired) electrons. The molecule has 0 fully saturated rings. The van der Waals surface area contributed by atoms with Gasteiger partial charge in [-0.25, -0.2) is 5.43 Å². The maximum absolute atomic E-state index is 11.3. The Labute approximate surface area is 118 Å². The first kappa shape index (κ1) is 12.6. The highest BCUT2D eigenvalue weighted by Crippen LogP contribution is 2.28. The van der Waals surface area contributed by atoms with E-state index >= 15 is 0 Å². The lowest BCUT2D eigenvalue weighted by molar-refractivity contribution is -0.121. The van der Waals surface area contributed by atoms with E-state index in [0.717, 1.165) is 5.71 Å². The van der Waals surface area contributed by atoms with Crippen molar-refractivity contribution in [3.63, 3.8) is 0 Å². The van der Waals surface area contributed by atoms with Gasteiger partial charge >= 0.3 is 0 Å². The molecular weight excluding hydrogens is 248 g/mol. The molecule has 100 valence electrons. The Bertz CT molecular complexity index is 580. The Kier molecular flexibility index (Phi) is 3.59. The number of nitrogens with zero attached hydrogens (tertiary/aromatic N) is 1. The fourth-order valence-electron chi connectivity index (χ4n) is 2.56. The van der Waals surface area contributed by atoms with E-state index in [1.165, 1.54) is 11.1 Å². The third-order valence-corrected chi connectivity index (χ3v) is 3.53. The lowest BCUT2D eigenvalue weighted by atomic mass is 9.85. The SMILES string of the molecule is O=C1CCC(C(c2ccccc2)c2ccccc2)=NN1. The Morgan fingerprint density at radius 1 is 0.850 bits per heavy atom. The number of amides is 1. The third-order valence-electron chi connectivity index (χ3n) is 3.53. The van der Waals surface area contributed by atoms with Crippen molar-refractivity contribution in [3.05, 3.63) is 71.8 Å². The molecule has 0 atom stereocenters. The van der Waals surface area contributed by atoms with E-state index in [2.05, 4.69) is 34.8 Å². The van der Waals surface area contributed by atoms with Crippen LogP contribution in [0.5, 0.6) is 0 Å². The Morgan fingerprint density at radius 3 is 1.85 bits per heavy atom. The van der Waals surface area contributed by atoms with Gasteiger partial charge in [0.05, 0.1) is 5.71 Å². The molecule has 3 nitrogen and oxygen atoms in total. The van der Waals surface area contributed by atoms with Gasteiger partial charge in [-0.05, 0) is 17.5 Å². The van der Waals surface area contributed by atoms with Gasteiger partial charge in [-0.3, -0.25) is 4.79 Å². The van der Waals surface area contributed by atoms with Crippen LogP contribution in [0.2, 0.25) is 0 Å². The molecule has 1 aliphatic heterocycles. The molecule has 0 spiro atoms. The van der Waals surface area contributed by atoms with Crippen LogP contribution >= 0.6 is 0 Å². The zero-order chi connectivity index (χ0) is 13.8. The van der Waals surface area contributed by atoms with E-state index in [1.54, 1.807) is 0 Å². The molecule has 0 aliphatic carbocycles. The second kappa shape index (κ2) is 5.70. The van der Waals surface area contributed by atoms with Gasteiger partial charge in [-0.2, -0.15) is 5.10 Å². The zero-order valence-electron chi connectivity index (χ0n) is 11.1. The normalized spacial score (nSPS) is 14.8. The molecule has 1 aliphatic rings. The number of hydrogen-bond donors (Lipinski definition) is 1. The standard InChI is InChI=1S/C17H16N2O/c20-16-12-11-15(18-19-16)17(13-7-3-1-4-8-13)14-9-5-2-6-10-14/h1-10,17H,11-12H2,(H,19,20). The number of hydrazone groups is 1. The minimum atomic E-state index is -0.00590. The van der Waals surface area contributed by atoms with Gasteiger partial charge < -0.3 is 0 Å². The average molecular weight is 264 g/mol. The van der Waals surface area contributed by atoms with Crippen LogP contribution in [0.1, 0.15) is 29.9 Å². The number of carbonyl (C=O) groups excluding carboxylic acids is 1.